The van der Waals surface area contributed by atoms with Gasteiger partial charge < -0.3 is 29.8 Å². The van der Waals surface area contributed by atoms with Gasteiger partial charge in [-0.25, -0.2) is 18.4 Å². The number of fused-ring (bicyclic) bond motifs is 3. The molecule has 3 amide bonds. The number of hydrogen-bond donors (Lipinski definition) is 2. The maximum absolute atomic E-state index is 14.3. The number of halogens is 2. The molecular weight excluding hydrogens is 638 g/mol. The molecule has 49 heavy (non-hydrogen) atoms. The van der Waals surface area contributed by atoms with Gasteiger partial charge in [0.15, 0.2) is 0 Å². The number of ether oxygens (including phenoxy) is 2. The predicted molar refractivity (Wildman–Crippen MR) is 177 cm³/mol. The van der Waals surface area contributed by atoms with Crippen molar-refractivity contribution in [3.05, 3.63) is 59.7 Å². The molecule has 5 atom stereocenters. The third-order valence-corrected chi connectivity index (χ3v) is 8.87. The van der Waals surface area contributed by atoms with E-state index in [1.54, 1.807) is 48.5 Å². The molecule has 264 valence electrons. The molecule has 5 rings (SSSR count). The van der Waals surface area contributed by atoms with Crippen molar-refractivity contribution in [2.45, 2.75) is 97.1 Å². The highest BCUT2D eigenvalue weighted by atomic mass is 19.3. The van der Waals surface area contributed by atoms with Gasteiger partial charge in [0, 0.05) is 17.5 Å². The van der Waals surface area contributed by atoms with Crippen LogP contribution in [-0.2, 0) is 28.7 Å². The molecule has 2 aromatic rings. The Hall–Kier alpha value is -4.55. The van der Waals surface area contributed by atoms with Crippen molar-refractivity contribution in [3.63, 3.8) is 0 Å². The van der Waals surface area contributed by atoms with E-state index in [-0.39, 0.29) is 26.0 Å². The first-order chi connectivity index (χ1) is 23.0. The quantitative estimate of drug-likeness (QED) is 0.238. The Morgan fingerprint density at radius 1 is 0.959 bits per heavy atom. The molecule has 0 aromatic heterocycles. The number of esters is 1. The van der Waals surface area contributed by atoms with Gasteiger partial charge in [-0.2, -0.15) is 0 Å². The molecule has 1 aliphatic heterocycles. The van der Waals surface area contributed by atoms with Crippen molar-refractivity contribution in [1.82, 2.24) is 15.5 Å². The Bertz CT molecular complexity index is 1600. The summed E-state index contributed by atoms with van der Waals surface area (Å²) in [5.74, 6) is -3.82. The van der Waals surface area contributed by atoms with Crippen molar-refractivity contribution >= 4 is 29.6 Å². The zero-order valence-corrected chi connectivity index (χ0v) is 28.8. The van der Waals surface area contributed by atoms with Gasteiger partial charge in [0.1, 0.15) is 35.0 Å². The van der Waals surface area contributed by atoms with Crippen LogP contribution in [0.2, 0.25) is 0 Å². The zero-order chi connectivity index (χ0) is 35.9. The minimum Gasteiger partial charge on any atom is -0.464 e. The number of rotatable bonds is 9. The van der Waals surface area contributed by atoms with E-state index in [9.17, 15) is 28.0 Å². The zero-order valence-electron chi connectivity index (χ0n) is 28.8. The molecule has 2 aliphatic carbocycles. The van der Waals surface area contributed by atoms with Crippen molar-refractivity contribution in [2.75, 3.05) is 13.2 Å². The lowest BCUT2D eigenvalue weighted by Crippen LogP contribution is -2.59. The molecule has 2 N–H and O–H groups in total. The first-order valence-corrected chi connectivity index (χ1v) is 16.5. The molecule has 0 unspecified atom stereocenters. The lowest BCUT2D eigenvalue weighted by atomic mass is 9.85. The molecular formula is C36H44F2N4O7. The highest BCUT2D eigenvalue weighted by Crippen LogP contribution is 2.49. The second-order valence-corrected chi connectivity index (χ2v) is 14.8. The fourth-order valence-corrected chi connectivity index (χ4v) is 6.41. The Morgan fingerprint density at radius 3 is 2.02 bits per heavy atom. The van der Waals surface area contributed by atoms with Crippen molar-refractivity contribution in [1.29, 1.82) is 0 Å². The van der Waals surface area contributed by atoms with Crippen LogP contribution in [0.15, 0.2) is 53.7 Å². The molecule has 0 bridgehead atoms. The largest absolute Gasteiger partial charge is 0.464 e. The summed E-state index contributed by atoms with van der Waals surface area (Å²) in [6.45, 7) is 11.7. The van der Waals surface area contributed by atoms with Crippen LogP contribution in [-0.4, -0.2) is 83.4 Å². The molecule has 0 spiro atoms. The highest BCUT2D eigenvalue weighted by molar-refractivity contribution is 6.24. The summed E-state index contributed by atoms with van der Waals surface area (Å²) in [6.07, 6.45) is -4.85. The van der Waals surface area contributed by atoms with Crippen LogP contribution < -0.4 is 10.6 Å². The molecule has 0 radical (unpaired) electrons. The molecule has 1 saturated heterocycles. The Labute approximate surface area is 284 Å². The van der Waals surface area contributed by atoms with Gasteiger partial charge in [-0.05, 0) is 50.7 Å². The summed E-state index contributed by atoms with van der Waals surface area (Å²) >= 11 is 0. The van der Waals surface area contributed by atoms with E-state index in [0.717, 1.165) is 22.3 Å². The first-order valence-electron chi connectivity index (χ1n) is 16.5. The van der Waals surface area contributed by atoms with E-state index in [0.29, 0.717) is 5.71 Å². The van der Waals surface area contributed by atoms with Crippen LogP contribution in [0.1, 0.15) is 72.4 Å². The minimum atomic E-state index is -2.88. The Morgan fingerprint density at radius 2 is 1.53 bits per heavy atom. The van der Waals surface area contributed by atoms with Gasteiger partial charge in [0.2, 0.25) is 18.2 Å². The number of likely N-dealkylation sites (tertiary alicyclic amines) is 1. The van der Waals surface area contributed by atoms with E-state index in [4.69, 9.17) is 14.3 Å². The van der Waals surface area contributed by atoms with E-state index >= 15 is 0 Å². The fraction of sp³-hybridized carbons (Fsp3) is 0.528. The maximum atomic E-state index is 14.3. The van der Waals surface area contributed by atoms with Gasteiger partial charge in [-0.3, -0.25) is 9.59 Å². The second-order valence-electron chi connectivity index (χ2n) is 14.8. The number of carbonyl (C=O) groups is 4. The van der Waals surface area contributed by atoms with Gasteiger partial charge in [-0.15, -0.1) is 0 Å². The number of carbonyl (C=O) groups excluding carboxylic acids is 4. The van der Waals surface area contributed by atoms with Crippen molar-refractivity contribution in [3.8, 4) is 11.1 Å². The summed E-state index contributed by atoms with van der Waals surface area (Å²) in [5.41, 5.74) is 0.708. The number of oxime groups is 1. The molecule has 1 heterocycles. The van der Waals surface area contributed by atoms with Gasteiger partial charge in [0.25, 0.3) is 0 Å². The predicted octanol–water partition coefficient (Wildman–Crippen LogP) is 5.05. The topological polar surface area (TPSA) is 136 Å². The molecule has 2 aromatic carbocycles. The fourth-order valence-electron chi connectivity index (χ4n) is 6.41. The van der Waals surface area contributed by atoms with E-state index in [2.05, 4.69) is 15.8 Å². The van der Waals surface area contributed by atoms with Crippen LogP contribution in [0.3, 0.4) is 0 Å². The number of alkyl carbamates (subject to hydrolysis) is 1. The summed E-state index contributed by atoms with van der Waals surface area (Å²) < 4.78 is 38.1. The second kappa shape index (κ2) is 13.4. The average Bonchev–Trinajstić information content (AvgIpc) is 3.45. The summed E-state index contributed by atoms with van der Waals surface area (Å²) in [7, 11) is 0. The smallest absolute Gasteiger partial charge is 0.408 e. The van der Waals surface area contributed by atoms with E-state index in [1.807, 2.05) is 48.5 Å². The van der Waals surface area contributed by atoms with Crippen LogP contribution in [0, 0.1) is 11.3 Å². The number of amides is 3. The van der Waals surface area contributed by atoms with Crippen LogP contribution >= 0.6 is 0 Å². The number of nitrogens with one attached hydrogen (secondary N) is 2. The van der Waals surface area contributed by atoms with Gasteiger partial charge in [-0.1, -0.05) is 74.5 Å². The lowest BCUT2D eigenvalue weighted by Gasteiger charge is -2.35. The normalized spacial score (nSPS) is 23.3. The number of benzene rings is 2. The molecule has 1 saturated carbocycles. The van der Waals surface area contributed by atoms with Crippen molar-refractivity contribution in [2.24, 2.45) is 16.5 Å². The van der Waals surface area contributed by atoms with Gasteiger partial charge in [0.05, 0.1) is 19.1 Å². The summed E-state index contributed by atoms with van der Waals surface area (Å²) in [4.78, 5) is 61.3. The lowest BCUT2D eigenvalue weighted by molar-refractivity contribution is -0.151. The van der Waals surface area contributed by atoms with Crippen molar-refractivity contribution < 1.29 is 42.3 Å². The monoisotopic (exact) mass is 682 g/mol. The standard InChI is InChI=1S/C36H44F2N4O7/c1-8-47-32(45)36(18-25(36)29(37)38)40-30(43)26-17-20(19-42(26)31(44)28(34(2,3)4)39-33(46)48-35(5,6)7)49-41-27-23-15-11-9-13-21(23)22-14-10-12-16-24(22)27/h9-16,20,25-26,28-29H,8,17-19H2,1-7H3,(H,39,46)(H,40,43)/t20-,25+,26+,28-,36-/m1/s1. The van der Waals surface area contributed by atoms with E-state index in [1.165, 1.54) is 4.90 Å². The van der Waals surface area contributed by atoms with Gasteiger partial charge >= 0.3 is 12.1 Å². The highest BCUT2D eigenvalue weighted by Gasteiger charge is 2.67. The van der Waals surface area contributed by atoms with Crippen LogP contribution in [0.25, 0.3) is 11.1 Å². The molecule has 3 aliphatic rings. The SMILES string of the molecule is CCOC(=O)[C@@]1(NC(=O)[C@@H]2C[C@@H](ON=C3c4ccccc4-c4ccccc43)CN2C(=O)[C@@H](NC(=O)OC(C)(C)C)C(C)(C)C)C[C@H]1C(F)F. The van der Waals surface area contributed by atoms with Crippen LogP contribution in [0.4, 0.5) is 13.6 Å². The maximum Gasteiger partial charge on any atom is 0.408 e. The van der Waals surface area contributed by atoms with Crippen LogP contribution in [0.5, 0.6) is 0 Å². The summed E-state index contributed by atoms with van der Waals surface area (Å²) in [5, 5.41) is 9.68. The molecule has 2 fully saturated rings. The third kappa shape index (κ3) is 7.40. The molecule has 13 heteroatoms. The third-order valence-electron chi connectivity index (χ3n) is 8.87. The Kier molecular flexibility index (Phi) is 9.77. The Balaban J connectivity index is 1.45. The van der Waals surface area contributed by atoms with E-state index < -0.39 is 71.0 Å². The number of nitrogens with zero attached hydrogens (tertiary/aromatic N) is 2. The number of hydrogen-bond acceptors (Lipinski definition) is 8. The minimum absolute atomic E-state index is 0.0564. The first kappa shape index (κ1) is 35.7. The summed E-state index contributed by atoms with van der Waals surface area (Å²) in [6, 6.07) is 13.1. The average molecular weight is 683 g/mol. The number of alkyl halides is 2. The molecule has 11 nitrogen and oxygen atoms in total.